The van der Waals surface area contributed by atoms with E-state index in [4.69, 9.17) is 21.1 Å². The molecular formula is C20H24ClNO3. The third kappa shape index (κ3) is 5.68. The molecule has 0 saturated heterocycles. The molecule has 2 rings (SSSR count). The topological polar surface area (TPSA) is 47.6 Å². The standard InChI is InChI=1S/C20H24ClNO3/c1-13-5-7-17(8-6-13)24-10-9-22-20(23)16(4)25-18-11-14(2)19(21)15(3)12-18/h5-8,11-12,16H,9-10H2,1-4H3,(H,22,23). The zero-order chi connectivity index (χ0) is 18.4. The number of halogens is 1. The fourth-order valence-electron chi connectivity index (χ4n) is 2.35. The fraction of sp³-hybridized carbons (Fsp3) is 0.350. The summed E-state index contributed by atoms with van der Waals surface area (Å²) in [5, 5.41) is 3.53. The maximum atomic E-state index is 12.1. The average molecular weight is 362 g/mol. The minimum absolute atomic E-state index is 0.183. The smallest absolute Gasteiger partial charge is 0.260 e. The number of nitrogens with one attached hydrogen (secondary N) is 1. The Labute approximate surface area is 154 Å². The Balaban J connectivity index is 1.77. The van der Waals surface area contributed by atoms with Crippen molar-refractivity contribution < 1.29 is 14.3 Å². The summed E-state index contributed by atoms with van der Waals surface area (Å²) in [6.45, 7) is 8.38. The summed E-state index contributed by atoms with van der Waals surface area (Å²) in [4.78, 5) is 12.1. The van der Waals surface area contributed by atoms with Crippen LogP contribution in [0.15, 0.2) is 36.4 Å². The van der Waals surface area contributed by atoms with E-state index in [1.807, 2.05) is 57.2 Å². The van der Waals surface area contributed by atoms with E-state index in [9.17, 15) is 4.79 Å². The van der Waals surface area contributed by atoms with Crippen LogP contribution in [0.4, 0.5) is 0 Å². The lowest BCUT2D eigenvalue weighted by Crippen LogP contribution is -2.38. The van der Waals surface area contributed by atoms with E-state index < -0.39 is 6.10 Å². The first kappa shape index (κ1) is 19.1. The van der Waals surface area contributed by atoms with Gasteiger partial charge < -0.3 is 14.8 Å². The van der Waals surface area contributed by atoms with Gasteiger partial charge in [-0.15, -0.1) is 0 Å². The zero-order valence-corrected chi connectivity index (χ0v) is 15.8. The lowest BCUT2D eigenvalue weighted by molar-refractivity contribution is -0.127. The molecule has 0 aliphatic rings. The first-order chi connectivity index (χ1) is 11.9. The normalized spacial score (nSPS) is 11.7. The molecule has 1 amide bonds. The van der Waals surface area contributed by atoms with Gasteiger partial charge in [-0.2, -0.15) is 0 Å². The molecular weight excluding hydrogens is 338 g/mol. The number of carbonyl (C=O) groups excluding carboxylic acids is 1. The summed E-state index contributed by atoms with van der Waals surface area (Å²) < 4.78 is 11.3. The number of amides is 1. The Hall–Kier alpha value is -2.20. The maximum absolute atomic E-state index is 12.1. The molecule has 134 valence electrons. The van der Waals surface area contributed by atoms with Crippen LogP contribution in [0.25, 0.3) is 0 Å². The van der Waals surface area contributed by atoms with E-state index in [1.165, 1.54) is 5.56 Å². The number of benzene rings is 2. The SMILES string of the molecule is Cc1ccc(OCCNC(=O)C(C)Oc2cc(C)c(Cl)c(C)c2)cc1. The van der Waals surface area contributed by atoms with Crippen LogP contribution in [0.5, 0.6) is 11.5 Å². The summed E-state index contributed by atoms with van der Waals surface area (Å²) in [6, 6.07) is 11.5. The first-order valence-corrected chi connectivity index (χ1v) is 8.65. The molecule has 0 spiro atoms. The highest BCUT2D eigenvalue weighted by atomic mass is 35.5. The van der Waals surface area contributed by atoms with E-state index in [1.54, 1.807) is 6.92 Å². The van der Waals surface area contributed by atoms with Crippen LogP contribution in [0.2, 0.25) is 5.02 Å². The summed E-state index contributed by atoms with van der Waals surface area (Å²) in [6.07, 6.45) is -0.598. The third-order valence-electron chi connectivity index (χ3n) is 3.78. The van der Waals surface area contributed by atoms with Crippen molar-refractivity contribution in [1.82, 2.24) is 5.32 Å². The molecule has 1 unspecified atom stereocenters. The van der Waals surface area contributed by atoms with Crippen LogP contribution < -0.4 is 14.8 Å². The molecule has 0 aliphatic heterocycles. The molecule has 0 aromatic heterocycles. The van der Waals surface area contributed by atoms with Crippen LogP contribution in [-0.4, -0.2) is 25.2 Å². The van der Waals surface area contributed by atoms with Gasteiger partial charge in [-0.05, 0) is 63.1 Å². The van der Waals surface area contributed by atoms with Gasteiger partial charge in [0.15, 0.2) is 6.10 Å². The summed E-state index contributed by atoms with van der Waals surface area (Å²) in [5.74, 6) is 1.24. The number of carbonyl (C=O) groups is 1. The van der Waals surface area contributed by atoms with Gasteiger partial charge in [-0.25, -0.2) is 0 Å². The Kier molecular flexibility index (Phi) is 6.71. The average Bonchev–Trinajstić information content (AvgIpc) is 2.57. The van der Waals surface area contributed by atoms with Gasteiger partial charge in [-0.3, -0.25) is 4.79 Å². The molecule has 0 fully saturated rings. The second-order valence-electron chi connectivity index (χ2n) is 6.08. The molecule has 2 aromatic rings. The lowest BCUT2D eigenvalue weighted by atomic mass is 10.1. The highest BCUT2D eigenvalue weighted by Gasteiger charge is 2.15. The van der Waals surface area contributed by atoms with Crippen LogP contribution in [-0.2, 0) is 4.79 Å². The largest absolute Gasteiger partial charge is 0.492 e. The quantitative estimate of drug-likeness (QED) is 0.751. The molecule has 0 heterocycles. The van der Waals surface area contributed by atoms with Gasteiger partial charge in [-0.1, -0.05) is 29.3 Å². The van der Waals surface area contributed by atoms with E-state index >= 15 is 0 Å². The molecule has 25 heavy (non-hydrogen) atoms. The van der Waals surface area contributed by atoms with Gasteiger partial charge in [0.25, 0.3) is 5.91 Å². The van der Waals surface area contributed by atoms with Crippen molar-refractivity contribution in [3.8, 4) is 11.5 Å². The predicted octanol–water partition coefficient (Wildman–Crippen LogP) is 4.23. The number of hydrogen-bond donors (Lipinski definition) is 1. The number of aryl methyl sites for hydroxylation is 3. The van der Waals surface area contributed by atoms with Gasteiger partial charge >= 0.3 is 0 Å². The van der Waals surface area contributed by atoms with Crippen molar-refractivity contribution >= 4 is 17.5 Å². The zero-order valence-electron chi connectivity index (χ0n) is 15.1. The van der Waals surface area contributed by atoms with Crippen LogP contribution in [0.3, 0.4) is 0 Å². The second kappa shape index (κ2) is 8.77. The van der Waals surface area contributed by atoms with Gasteiger partial charge in [0.1, 0.15) is 18.1 Å². The predicted molar refractivity (Wildman–Crippen MR) is 101 cm³/mol. The van der Waals surface area contributed by atoms with Gasteiger partial charge in [0, 0.05) is 5.02 Å². The molecule has 4 nitrogen and oxygen atoms in total. The van der Waals surface area contributed by atoms with E-state index in [0.29, 0.717) is 18.9 Å². The van der Waals surface area contributed by atoms with Gasteiger partial charge in [0.2, 0.25) is 0 Å². The summed E-state index contributed by atoms with van der Waals surface area (Å²) in [7, 11) is 0. The van der Waals surface area contributed by atoms with Crippen LogP contribution >= 0.6 is 11.6 Å². The Morgan fingerprint density at radius 3 is 2.28 bits per heavy atom. The van der Waals surface area contributed by atoms with Crippen LogP contribution in [0, 0.1) is 20.8 Å². The number of ether oxygens (including phenoxy) is 2. The van der Waals surface area contributed by atoms with Gasteiger partial charge in [0.05, 0.1) is 6.54 Å². The minimum Gasteiger partial charge on any atom is -0.492 e. The molecule has 1 atom stereocenters. The third-order valence-corrected chi connectivity index (χ3v) is 4.38. The highest BCUT2D eigenvalue weighted by Crippen LogP contribution is 2.26. The monoisotopic (exact) mass is 361 g/mol. The number of rotatable bonds is 7. The summed E-state index contributed by atoms with van der Waals surface area (Å²) >= 11 is 6.14. The lowest BCUT2D eigenvalue weighted by Gasteiger charge is -2.16. The summed E-state index contributed by atoms with van der Waals surface area (Å²) in [5.41, 5.74) is 3.03. The maximum Gasteiger partial charge on any atom is 0.260 e. The van der Waals surface area contributed by atoms with E-state index in [2.05, 4.69) is 5.32 Å². The van der Waals surface area contributed by atoms with Crippen molar-refractivity contribution in [1.29, 1.82) is 0 Å². The number of hydrogen-bond acceptors (Lipinski definition) is 3. The van der Waals surface area contributed by atoms with E-state index in [0.717, 1.165) is 21.9 Å². The van der Waals surface area contributed by atoms with Crippen molar-refractivity contribution in [2.75, 3.05) is 13.2 Å². The molecule has 0 aliphatic carbocycles. The highest BCUT2D eigenvalue weighted by molar-refractivity contribution is 6.32. The fourth-order valence-corrected chi connectivity index (χ4v) is 2.46. The molecule has 2 aromatic carbocycles. The van der Waals surface area contributed by atoms with Crippen molar-refractivity contribution in [3.05, 3.63) is 58.1 Å². The second-order valence-corrected chi connectivity index (χ2v) is 6.46. The molecule has 0 saturated carbocycles. The van der Waals surface area contributed by atoms with Crippen molar-refractivity contribution in [2.24, 2.45) is 0 Å². The molecule has 5 heteroatoms. The molecule has 1 N–H and O–H groups in total. The Morgan fingerprint density at radius 1 is 1.08 bits per heavy atom. The van der Waals surface area contributed by atoms with Crippen LogP contribution in [0.1, 0.15) is 23.6 Å². The van der Waals surface area contributed by atoms with Crippen molar-refractivity contribution in [2.45, 2.75) is 33.8 Å². The van der Waals surface area contributed by atoms with Crippen molar-refractivity contribution in [3.63, 3.8) is 0 Å². The Morgan fingerprint density at radius 2 is 1.68 bits per heavy atom. The Bertz CT molecular complexity index is 705. The molecule has 0 bridgehead atoms. The first-order valence-electron chi connectivity index (χ1n) is 8.27. The van der Waals surface area contributed by atoms with E-state index in [-0.39, 0.29) is 5.91 Å². The minimum atomic E-state index is -0.598. The molecule has 0 radical (unpaired) electrons.